The standard InChI is InChI=1S/C21H29N3O/c1-4-16-11-19-18(15(2)3)5-6-22-21(19)20(12-16)24-9-7-23(8-10-24)17-13-25-14-17/h5-6,11-12,15,17H,4,7-10,13-14H2,1-3H3. The molecular formula is C21H29N3O. The third-order valence-electron chi connectivity index (χ3n) is 5.74. The zero-order valence-electron chi connectivity index (χ0n) is 15.7. The predicted molar refractivity (Wildman–Crippen MR) is 104 cm³/mol. The molecule has 2 saturated heterocycles. The topological polar surface area (TPSA) is 28.6 Å². The van der Waals surface area contributed by atoms with E-state index in [-0.39, 0.29) is 0 Å². The first kappa shape index (κ1) is 16.8. The summed E-state index contributed by atoms with van der Waals surface area (Å²) < 4.78 is 5.36. The largest absolute Gasteiger partial charge is 0.378 e. The normalized spacial score (nSPS) is 19.6. The second kappa shape index (κ2) is 6.93. The number of piperazine rings is 1. The first-order valence-electron chi connectivity index (χ1n) is 9.65. The van der Waals surface area contributed by atoms with Crippen molar-refractivity contribution in [2.75, 3.05) is 44.3 Å². The van der Waals surface area contributed by atoms with Crippen molar-refractivity contribution >= 4 is 16.6 Å². The average Bonchev–Trinajstić information content (AvgIpc) is 2.59. The van der Waals surface area contributed by atoms with Crippen LogP contribution in [0.25, 0.3) is 10.9 Å². The molecule has 1 aromatic heterocycles. The molecule has 4 heteroatoms. The van der Waals surface area contributed by atoms with Crippen LogP contribution in [0.2, 0.25) is 0 Å². The van der Waals surface area contributed by atoms with Crippen molar-refractivity contribution in [1.82, 2.24) is 9.88 Å². The van der Waals surface area contributed by atoms with Gasteiger partial charge in [-0.05, 0) is 41.7 Å². The quantitative estimate of drug-likeness (QED) is 0.853. The third kappa shape index (κ3) is 3.13. The minimum Gasteiger partial charge on any atom is -0.378 e. The zero-order chi connectivity index (χ0) is 17.4. The highest BCUT2D eigenvalue weighted by Crippen LogP contribution is 2.33. The van der Waals surface area contributed by atoms with E-state index in [1.54, 1.807) is 0 Å². The average molecular weight is 339 g/mol. The van der Waals surface area contributed by atoms with Crippen LogP contribution in [0.15, 0.2) is 24.4 Å². The minimum absolute atomic E-state index is 0.515. The van der Waals surface area contributed by atoms with Crippen LogP contribution in [-0.4, -0.2) is 55.3 Å². The van der Waals surface area contributed by atoms with Gasteiger partial charge in [-0.3, -0.25) is 9.88 Å². The second-order valence-electron chi connectivity index (χ2n) is 7.63. The van der Waals surface area contributed by atoms with Gasteiger partial charge in [0.1, 0.15) is 0 Å². The Bertz CT molecular complexity index is 746. The Morgan fingerprint density at radius 2 is 1.92 bits per heavy atom. The molecule has 0 amide bonds. The van der Waals surface area contributed by atoms with Crippen molar-refractivity contribution in [3.8, 4) is 0 Å². The Balaban J connectivity index is 1.68. The van der Waals surface area contributed by atoms with Crippen LogP contribution in [0.4, 0.5) is 5.69 Å². The third-order valence-corrected chi connectivity index (χ3v) is 5.74. The van der Waals surface area contributed by atoms with Gasteiger partial charge in [-0.2, -0.15) is 0 Å². The molecule has 4 rings (SSSR count). The fourth-order valence-corrected chi connectivity index (χ4v) is 4.03. The molecule has 134 valence electrons. The second-order valence-corrected chi connectivity index (χ2v) is 7.63. The van der Waals surface area contributed by atoms with Gasteiger partial charge in [-0.25, -0.2) is 0 Å². The molecule has 3 heterocycles. The summed E-state index contributed by atoms with van der Waals surface area (Å²) in [5, 5.41) is 1.33. The molecule has 2 fully saturated rings. The van der Waals surface area contributed by atoms with E-state index in [0.29, 0.717) is 12.0 Å². The summed E-state index contributed by atoms with van der Waals surface area (Å²) in [5.74, 6) is 0.515. The molecule has 0 spiro atoms. The number of anilines is 1. The van der Waals surface area contributed by atoms with Gasteiger partial charge in [-0.1, -0.05) is 20.8 Å². The lowest BCUT2D eigenvalue weighted by atomic mass is 9.96. The van der Waals surface area contributed by atoms with Crippen LogP contribution in [0.5, 0.6) is 0 Å². The molecule has 2 aromatic rings. The van der Waals surface area contributed by atoms with E-state index >= 15 is 0 Å². The van der Waals surface area contributed by atoms with E-state index in [9.17, 15) is 0 Å². The van der Waals surface area contributed by atoms with Crippen LogP contribution >= 0.6 is 0 Å². The number of hydrogen-bond acceptors (Lipinski definition) is 4. The van der Waals surface area contributed by atoms with Gasteiger partial charge in [-0.15, -0.1) is 0 Å². The molecule has 4 nitrogen and oxygen atoms in total. The Kier molecular flexibility index (Phi) is 4.65. The van der Waals surface area contributed by atoms with E-state index in [1.807, 2.05) is 6.20 Å². The first-order valence-corrected chi connectivity index (χ1v) is 9.65. The van der Waals surface area contributed by atoms with Gasteiger partial charge in [0.05, 0.1) is 30.5 Å². The van der Waals surface area contributed by atoms with E-state index in [1.165, 1.54) is 27.7 Å². The number of ether oxygens (including phenoxy) is 1. The summed E-state index contributed by atoms with van der Waals surface area (Å²) in [6.07, 6.45) is 3.05. The Hall–Kier alpha value is -1.65. The number of aromatic nitrogens is 1. The number of rotatable bonds is 4. The van der Waals surface area contributed by atoms with Gasteiger partial charge in [0.2, 0.25) is 0 Å². The van der Waals surface area contributed by atoms with Crippen LogP contribution in [0.1, 0.15) is 37.8 Å². The van der Waals surface area contributed by atoms with E-state index in [4.69, 9.17) is 9.72 Å². The van der Waals surface area contributed by atoms with Crippen molar-refractivity contribution in [3.05, 3.63) is 35.5 Å². The molecule has 0 radical (unpaired) electrons. The van der Waals surface area contributed by atoms with E-state index < -0.39 is 0 Å². The Morgan fingerprint density at radius 1 is 1.16 bits per heavy atom. The van der Waals surface area contributed by atoms with Crippen molar-refractivity contribution in [3.63, 3.8) is 0 Å². The molecule has 0 bridgehead atoms. The molecule has 0 aliphatic carbocycles. The maximum atomic E-state index is 5.36. The number of aryl methyl sites for hydroxylation is 1. The lowest BCUT2D eigenvalue weighted by Gasteiger charge is -2.43. The highest BCUT2D eigenvalue weighted by atomic mass is 16.5. The first-order chi connectivity index (χ1) is 12.2. The van der Waals surface area contributed by atoms with Gasteiger partial charge in [0.15, 0.2) is 0 Å². The van der Waals surface area contributed by atoms with Crippen molar-refractivity contribution in [2.24, 2.45) is 0 Å². The maximum Gasteiger partial charge on any atom is 0.0938 e. The van der Waals surface area contributed by atoms with Gasteiger partial charge >= 0.3 is 0 Å². The van der Waals surface area contributed by atoms with E-state index in [0.717, 1.165) is 45.8 Å². The summed E-state index contributed by atoms with van der Waals surface area (Å²) >= 11 is 0. The number of fused-ring (bicyclic) bond motifs is 1. The summed E-state index contributed by atoms with van der Waals surface area (Å²) in [7, 11) is 0. The molecule has 0 saturated carbocycles. The lowest BCUT2D eigenvalue weighted by Crippen LogP contribution is -2.56. The summed E-state index contributed by atoms with van der Waals surface area (Å²) in [6, 6.07) is 7.54. The lowest BCUT2D eigenvalue weighted by molar-refractivity contribution is -0.0660. The van der Waals surface area contributed by atoms with Crippen LogP contribution < -0.4 is 4.90 Å². The van der Waals surface area contributed by atoms with Crippen molar-refractivity contribution in [2.45, 2.75) is 39.2 Å². The fraction of sp³-hybridized carbons (Fsp3) is 0.571. The molecule has 0 atom stereocenters. The molecule has 2 aliphatic heterocycles. The summed E-state index contributed by atoms with van der Waals surface area (Å²) in [6.45, 7) is 13.0. The fourth-order valence-electron chi connectivity index (χ4n) is 4.03. The SMILES string of the molecule is CCc1cc(N2CCN(C3COC3)CC2)c2nccc(C(C)C)c2c1. The molecule has 2 aliphatic rings. The highest BCUT2D eigenvalue weighted by Gasteiger charge is 2.29. The Labute approximate surface area is 150 Å². The minimum atomic E-state index is 0.515. The number of hydrogen-bond donors (Lipinski definition) is 0. The smallest absolute Gasteiger partial charge is 0.0938 e. The number of pyridine rings is 1. The van der Waals surface area contributed by atoms with Crippen LogP contribution in [0.3, 0.4) is 0 Å². The molecule has 1 aromatic carbocycles. The van der Waals surface area contributed by atoms with Crippen molar-refractivity contribution in [1.29, 1.82) is 0 Å². The van der Waals surface area contributed by atoms with Crippen molar-refractivity contribution < 1.29 is 4.74 Å². The highest BCUT2D eigenvalue weighted by molar-refractivity contribution is 5.94. The molecular weight excluding hydrogens is 310 g/mol. The maximum absolute atomic E-state index is 5.36. The Morgan fingerprint density at radius 3 is 2.52 bits per heavy atom. The molecule has 0 unspecified atom stereocenters. The van der Waals surface area contributed by atoms with Gasteiger partial charge in [0.25, 0.3) is 0 Å². The monoisotopic (exact) mass is 339 g/mol. The number of nitrogens with zero attached hydrogens (tertiary/aromatic N) is 3. The van der Waals surface area contributed by atoms with Gasteiger partial charge < -0.3 is 9.64 Å². The summed E-state index contributed by atoms with van der Waals surface area (Å²) in [5.41, 5.74) is 5.31. The number of benzene rings is 1. The summed E-state index contributed by atoms with van der Waals surface area (Å²) in [4.78, 5) is 9.90. The molecule has 25 heavy (non-hydrogen) atoms. The van der Waals surface area contributed by atoms with Gasteiger partial charge in [0, 0.05) is 37.8 Å². The van der Waals surface area contributed by atoms with E-state index in [2.05, 4.69) is 48.8 Å². The predicted octanol–water partition coefficient (Wildman–Crippen LogP) is 3.44. The zero-order valence-corrected chi connectivity index (χ0v) is 15.7. The van der Waals surface area contributed by atoms with Crippen LogP contribution in [-0.2, 0) is 11.2 Å². The molecule has 0 N–H and O–H groups in total. The van der Waals surface area contributed by atoms with Crippen LogP contribution in [0, 0.1) is 0 Å².